The van der Waals surface area contributed by atoms with E-state index in [2.05, 4.69) is 10.6 Å². The third kappa shape index (κ3) is 5.67. The van der Waals surface area contributed by atoms with Crippen LogP contribution >= 0.6 is 0 Å². The van der Waals surface area contributed by atoms with E-state index < -0.39 is 29.2 Å². The lowest BCUT2D eigenvalue weighted by molar-refractivity contribution is -0.139. The molecular weight excluding hydrogens is 364 g/mol. The number of urea groups is 1. The number of primary amides is 1. The minimum atomic E-state index is -1.07. The molecule has 0 aromatic carbocycles. The SMILES string of the molecule is CCCC[C@H](NC(=O)C1(NC(=O)N2CCOCC2)CCCCC1)C(=O)C(N)=O. The molecule has 1 atom stereocenters. The van der Waals surface area contributed by atoms with Crippen LogP contribution in [0.15, 0.2) is 0 Å². The van der Waals surface area contributed by atoms with Crippen LogP contribution in [-0.4, -0.2) is 66.4 Å². The average Bonchev–Trinajstić information content (AvgIpc) is 2.71. The molecule has 1 aliphatic carbocycles. The molecule has 1 aliphatic heterocycles. The first-order valence-corrected chi connectivity index (χ1v) is 10.2. The minimum absolute atomic E-state index is 0.299. The average molecular weight is 396 g/mol. The van der Waals surface area contributed by atoms with Gasteiger partial charge in [0.05, 0.1) is 19.3 Å². The summed E-state index contributed by atoms with van der Waals surface area (Å²) in [6.45, 7) is 3.85. The molecule has 0 aromatic rings. The summed E-state index contributed by atoms with van der Waals surface area (Å²) in [7, 11) is 0. The lowest BCUT2D eigenvalue weighted by Gasteiger charge is -2.39. The summed E-state index contributed by atoms with van der Waals surface area (Å²) >= 11 is 0. The lowest BCUT2D eigenvalue weighted by atomic mass is 9.80. The van der Waals surface area contributed by atoms with Crippen LogP contribution in [0.3, 0.4) is 0 Å². The van der Waals surface area contributed by atoms with E-state index in [4.69, 9.17) is 10.5 Å². The third-order valence-electron chi connectivity index (χ3n) is 5.50. The van der Waals surface area contributed by atoms with Gasteiger partial charge in [-0.25, -0.2) is 4.79 Å². The summed E-state index contributed by atoms with van der Waals surface area (Å²) in [5.74, 6) is -2.27. The molecule has 9 nitrogen and oxygen atoms in total. The first kappa shape index (κ1) is 22.1. The smallest absolute Gasteiger partial charge is 0.318 e. The lowest BCUT2D eigenvalue weighted by Crippen LogP contribution is -2.64. The molecule has 158 valence electrons. The number of unbranched alkanes of at least 4 members (excludes halogenated alkanes) is 1. The van der Waals surface area contributed by atoms with Crippen molar-refractivity contribution in [2.45, 2.75) is 69.9 Å². The number of nitrogens with two attached hydrogens (primary N) is 1. The second-order valence-electron chi connectivity index (χ2n) is 7.57. The molecule has 2 rings (SSSR count). The van der Waals surface area contributed by atoms with Crippen LogP contribution in [0.5, 0.6) is 0 Å². The summed E-state index contributed by atoms with van der Waals surface area (Å²) in [5.41, 5.74) is 4.07. The van der Waals surface area contributed by atoms with Gasteiger partial charge in [0, 0.05) is 13.1 Å². The molecule has 0 unspecified atom stereocenters. The number of hydrogen-bond acceptors (Lipinski definition) is 5. The Morgan fingerprint density at radius 1 is 1.11 bits per heavy atom. The molecule has 1 heterocycles. The summed E-state index contributed by atoms with van der Waals surface area (Å²) in [6.07, 6.45) is 5.44. The van der Waals surface area contributed by atoms with Crippen molar-refractivity contribution in [1.82, 2.24) is 15.5 Å². The van der Waals surface area contributed by atoms with Crippen molar-refractivity contribution in [1.29, 1.82) is 0 Å². The Bertz CT molecular complexity index is 583. The summed E-state index contributed by atoms with van der Waals surface area (Å²) in [4.78, 5) is 51.0. The van der Waals surface area contributed by atoms with Crippen molar-refractivity contribution in [2.75, 3.05) is 26.3 Å². The number of amides is 4. The number of ketones is 1. The van der Waals surface area contributed by atoms with Crippen LogP contribution in [0.25, 0.3) is 0 Å². The molecule has 1 saturated heterocycles. The number of carbonyl (C=O) groups is 4. The molecule has 4 amide bonds. The molecule has 2 fully saturated rings. The van der Waals surface area contributed by atoms with Crippen molar-refractivity contribution >= 4 is 23.6 Å². The van der Waals surface area contributed by atoms with Gasteiger partial charge in [0.15, 0.2) is 0 Å². The zero-order valence-electron chi connectivity index (χ0n) is 16.6. The maximum atomic E-state index is 13.2. The monoisotopic (exact) mass is 396 g/mol. The molecule has 4 N–H and O–H groups in total. The number of ether oxygens (including phenoxy) is 1. The van der Waals surface area contributed by atoms with Gasteiger partial charge in [0.1, 0.15) is 5.54 Å². The van der Waals surface area contributed by atoms with Crippen LogP contribution < -0.4 is 16.4 Å². The summed E-state index contributed by atoms with van der Waals surface area (Å²) < 4.78 is 5.27. The van der Waals surface area contributed by atoms with Gasteiger partial charge in [-0.2, -0.15) is 0 Å². The van der Waals surface area contributed by atoms with E-state index in [9.17, 15) is 19.2 Å². The largest absolute Gasteiger partial charge is 0.378 e. The fourth-order valence-corrected chi connectivity index (χ4v) is 3.76. The molecule has 0 radical (unpaired) electrons. The molecule has 28 heavy (non-hydrogen) atoms. The number of carbonyl (C=O) groups excluding carboxylic acids is 4. The van der Waals surface area contributed by atoms with Gasteiger partial charge in [0.25, 0.3) is 5.91 Å². The normalized spacial score (nSPS) is 20.1. The second-order valence-corrected chi connectivity index (χ2v) is 7.57. The van der Waals surface area contributed by atoms with E-state index in [0.29, 0.717) is 52.0 Å². The molecule has 1 saturated carbocycles. The molecule has 0 aromatic heterocycles. The number of rotatable bonds is 8. The Hall–Kier alpha value is -2.16. The number of Topliss-reactive ketones (excluding diaryl/α,β-unsaturated/α-hetero) is 1. The minimum Gasteiger partial charge on any atom is -0.378 e. The highest BCUT2D eigenvalue weighted by Crippen LogP contribution is 2.29. The highest BCUT2D eigenvalue weighted by atomic mass is 16.5. The van der Waals surface area contributed by atoms with Crippen molar-refractivity contribution in [3.63, 3.8) is 0 Å². The molecule has 0 spiro atoms. The molecule has 9 heteroatoms. The highest BCUT2D eigenvalue weighted by Gasteiger charge is 2.43. The Kier molecular flexibility index (Phi) is 8.22. The van der Waals surface area contributed by atoms with Crippen molar-refractivity contribution < 1.29 is 23.9 Å². The van der Waals surface area contributed by atoms with Gasteiger partial charge in [-0.15, -0.1) is 0 Å². The van der Waals surface area contributed by atoms with E-state index in [1.165, 1.54) is 0 Å². The van der Waals surface area contributed by atoms with Crippen LogP contribution in [0.2, 0.25) is 0 Å². The van der Waals surface area contributed by atoms with E-state index >= 15 is 0 Å². The first-order chi connectivity index (χ1) is 13.4. The Morgan fingerprint density at radius 3 is 2.32 bits per heavy atom. The Morgan fingerprint density at radius 2 is 1.75 bits per heavy atom. The number of morpholine rings is 1. The molecule has 2 aliphatic rings. The summed E-state index contributed by atoms with van der Waals surface area (Å²) in [6, 6.07) is -1.25. The van der Waals surface area contributed by atoms with Gasteiger partial charge < -0.3 is 26.0 Å². The van der Waals surface area contributed by atoms with Crippen molar-refractivity contribution in [3.05, 3.63) is 0 Å². The van der Waals surface area contributed by atoms with E-state index in [1.807, 2.05) is 6.92 Å². The van der Waals surface area contributed by atoms with Crippen LogP contribution in [-0.2, 0) is 19.1 Å². The van der Waals surface area contributed by atoms with Gasteiger partial charge in [0.2, 0.25) is 11.7 Å². The van der Waals surface area contributed by atoms with E-state index in [1.54, 1.807) is 4.90 Å². The topological polar surface area (TPSA) is 131 Å². The third-order valence-corrected chi connectivity index (χ3v) is 5.50. The van der Waals surface area contributed by atoms with Crippen LogP contribution in [0, 0.1) is 0 Å². The number of hydrogen-bond donors (Lipinski definition) is 3. The predicted molar refractivity (Wildman–Crippen MR) is 102 cm³/mol. The number of nitrogens with zero attached hydrogens (tertiary/aromatic N) is 1. The van der Waals surface area contributed by atoms with Gasteiger partial charge in [-0.1, -0.05) is 39.0 Å². The molecule has 0 bridgehead atoms. The highest BCUT2D eigenvalue weighted by molar-refractivity contribution is 6.37. The van der Waals surface area contributed by atoms with Gasteiger partial charge in [-0.05, 0) is 19.3 Å². The fourth-order valence-electron chi connectivity index (χ4n) is 3.76. The van der Waals surface area contributed by atoms with E-state index in [-0.39, 0.29) is 6.03 Å². The second kappa shape index (κ2) is 10.4. The van der Waals surface area contributed by atoms with Crippen molar-refractivity contribution in [2.24, 2.45) is 5.73 Å². The standard InChI is InChI=1S/C19H32N4O5/c1-2-3-7-14(15(24)16(20)25)21-17(26)19(8-5-4-6-9-19)22-18(27)23-10-12-28-13-11-23/h14H,2-13H2,1H3,(H2,20,25)(H,21,26)(H,22,27)/t14-/m0/s1. The van der Waals surface area contributed by atoms with Crippen LogP contribution in [0.4, 0.5) is 4.79 Å². The predicted octanol–water partition coefficient (Wildman–Crippen LogP) is 0.461. The maximum absolute atomic E-state index is 13.2. The first-order valence-electron chi connectivity index (χ1n) is 10.2. The maximum Gasteiger partial charge on any atom is 0.318 e. The van der Waals surface area contributed by atoms with Gasteiger partial charge in [-0.3, -0.25) is 14.4 Å². The van der Waals surface area contributed by atoms with Crippen molar-refractivity contribution in [3.8, 4) is 0 Å². The number of nitrogens with one attached hydrogen (secondary N) is 2. The zero-order chi connectivity index (χ0) is 20.6. The van der Waals surface area contributed by atoms with Crippen LogP contribution in [0.1, 0.15) is 58.3 Å². The zero-order valence-corrected chi connectivity index (χ0v) is 16.6. The fraction of sp³-hybridized carbons (Fsp3) is 0.789. The molecular formula is C19H32N4O5. The Labute approximate surface area is 165 Å². The summed E-state index contributed by atoms with van der Waals surface area (Å²) in [5, 5.41) is 5.63. The quantitative estimate of drug-likeness (QED) is 0.513. The van der Waals surface area contributed by atoms with Gasteiger partial charge >= 0.3 is 6.03 Å². The van der Waals surface area contributed by atoms with E-state index in [0.717, 1.165) is 25.7 Å². The Balaban J connectivity index is 2.12.